The van der Waals surface area contributed by atoms with Gasteiger partial charge in [-0.3, -0.25) is 14.6 Å². The number of hydrogen-bond acceptors (Lipinski definition) is 3. The van der Waals surface area contributed by atoms with Gasteiger partial charge in [0.25, 0.3) is 5.91 Å². The average molecular weight is 242 g/mol. The van der Waals surface area contributed by atoms with E-state index in [0.717, 1.165) is 5.69 Å². The smallest absolute Gasteiger partial charge is 0.254 e. The lowest BCUT2D eigenvalue weighted by molar-refractivity contribution is -0.117. The minimum Gasteiger partial charge on any atom is -0.370 e. The van der Waals surface area contributed by atoms with E-state index in [1.807, 2.05) is 0 Å². The molecule has 0 saturated heterocycles. The first kappa shape index (κ1) is 12.4. The molecule has 0 radical (unpaired) electrons. The van der Waals surface area contributed by atoms with Gasteiger partial charge in [0.2, 0.25) is 5.91 Å². The van der Waals surface area contributed by atoms with Crippen LogP contribution in [0, 0.1) is 6.92 Å². The Labute approximate surface area is 98.0 Å². The fraction of sp³-hybridized carbons (Fsp3) is 0.300. The molecule has 1 heterocycles. The molecule has 5 nitrogen and oxygen atoms in total. The second-order valence-corrected chi connectivity index (χ2v) is 3.68. The molecular weight excluding hydrogens is 230 g/mol. The molecule has 1 aromatic rings. The Balaban J connectivity index is 2.63. The molecule has 0 fully saturated rings. The van der Waals surface area contributed by atoms with Crippen molar-refractivity contribution in [3.63, 3.8) is 0 Å². The first-order valence-electron chi connectivity index (χ1n) is 4.69. The number of amides is 2. The maximum atomic E-state index is 11.6. The number of nitrogens with one attached hydrogen (secondary N) is 1. The lowest BCUT2D eigenvalue weighted by Gasteiger charge is -2.05. The topological polar surface area (TPSA) is 85.1 Å². The van der Waals surface area contributed by atoms with Gasteiger partial charge in [-0.2, -0.15) is 0 Å². The molecule has 1 aromatic heterocycles. The van der Waals surface area contributed by atoms with Crippen LogP contribution in [-0.2, 0) is 4.79 Å². The van der Waals surface area contributed by atoms with E-state index < -0.39 is 5.91 Å². The molecule has 3 N–H and O–H groups in total. The van der Waals surface area contributed by atoms with E-state index in [0.29, 0.717) is 5.02 Å². The number of halogens is 1. The summed E-state index contributed by atoms with van der Waals surface area (Å²) in [4.78, 5) is 26.0. The molecule has 86 valence electrons. The number of hydrogen-bond donors (Lipinski definition) is 2. The number of primary amides is 1. The van der Waals surface area contributed by atoms with Gasteiger partial charge in [0, 0.05) is 24.9 Å². The zero-order valence-corrected chi connectivity index (χ0v) is 9.54. The van der Waals surface area contributed by atoms with Crippen LogP contribution < -0.4 is 11.1 Å². The quantitative estimate of drug-likeness (QED) is 0.812. The summed E-state index contributed by atoms with van der Waals surface area (Å²) in [6, 6.07) is 1.60. The normalized spacial score (nSPS) is 9.88. The Kier molecular flexibility index (Phi) is 4.25. The third kappa shape index (κ3) is 3.51. The summed E-state index contributed by atoms with van der Waals surface area (Å²) >= 11 is 5.87. The summed E-state index contributed by atoms with van der Waals surface area (Å²) in [5.41, 5.74) is 5.96. The fourth-order valence-electron chi connectivity index (χ4n) is 1.09. The second kappa shape index (κ2) is 5.46. The molecular formula is C10H12ClN3O2. The summed E-state index contributed by atoms with van der Waals surface area (Å²) in [6.07, 6.45) is 1.50. The summed E-state index contributed by atoms with van der Waals surface area (Å²) < 4.78 is 0. The zero-order valence-electron chi connectivity index (χ0n) is 8.79. The van der Waals surface area contributed by atoms with E-state index in [4.69, 9.17) is 17.3 Å². The van der Waals surface area contributed by atoms with E-state index in [2.05, 4.69) is 10.3 Å². The van der Waals surface area contributed by atoms with Crippen LogP contribution >= 0.6 is 11.6 Å². The molecule has 0 saturated carbocycles. The summed E-state index contributed by atoms with van der Waals surface area (Å²) in [5.74, 6) is -0.827. The van der Waals surface area contributed by atoms with Crippen LogP contribution in [0.4, 0.5) is 0 Å². The lowest BCUT2D eigenvalue weighted by atomic mass is 10.2. The van der Waals surface area contributed by atoms with Gasteiger partial charge in [-0.05, 0) is 13.0 Å². The molecule has 16 heavy (non-hydrogen) atoms. The number of aromatic nitrogens is 1. The van der Waals surface area contributed by atoms with Gasteiger partial charge in [0.1, 0.15) is 0 Å². The minimum atomic E-state index is -0.464. The number of nitrogens with zero attached hydrogens (tertiary/aromatic N) is 1. The Bertz CT molecular complexity index is 421. The van der Waals surface area contributed by atoms with Crippen molar-refractivity contribution < 1.29 is 9.59 Å². The van der Waals surface area contributed by atoms with Crippen molar-refractivity contribution in [1.82, 2.24) is 10.3 Å². The Morgan fingerprint density at radius 1 is 1.56 bits per heavy atom. The average Bonchev–Trinajstić information content (AvgIpc) is 2.16. The third-order valence-corrected chi connectivity index (χ3v) is 2.20. The van der Waals surface area contributed by atoms with Crippen molar-refractivity contribution in [1.29, 1.82) is 0 Å². The maximum Gasteiger partial charge on any atom is 0.254 e. The molecule has 0 spiro atoms. The third-order valence-electron chi connectivity index (χ3n) is 1.89. The monoisotopic (exact) mass is 241 g/mol. The van der Waals surface area contributed by atoms with Crippen LogP contribution in [0.25, 0.3) is 0 Å². The van der Waals surface area contributed by atoms with E-state index >= 15 is 0 Å². The summed E-state index contributed by atoms with van der Waals surface area (Å²) in [5, 5.41) is 2.86. The van der Waals surface area contributed by atoms with Gasteiger partial charge in [-0.25, -0.2) is 0 Å². The van der Waals surface area contributed by atoms with Crippen LogP contribution in [0.15, 0.2) is 12.3 Å². The van der Waals surface area contributed by atoms with Crippen LogP contribution in [0.2, 0.25) is 5.02 Å². The van der Waals surface area contributed by atoms with E-state index in [1.54, 1.807) is 13.0 Å². The molecule has 6 heteroatoms. The highest BCUT2D eigenvalue weighted by molar-refractivity contribution is 6.33. The summed E-state index contributed by atoms with van der Waals surface area (Å²) in [6.45, 7) is 1.97. The predicted octanol–water partition coefficient (Wildman–Crippen LogP) is 0.649. The highest BCUT2D eigenvalue weighted by atomic mass is 35.5. The lowest BCUT2D eigenvalue weighted by Crippen LogP contribution is -2.28. The van der Waals surface area contributed by atoms with Gasteiger partial charge in [0.15, 0.2) is 0 Å². The first-order valence-corrected chi connectivity index (χ1v) is 5.07. The minimum absolute atomic E-state index is 0.0999. The highest BCUT2D eigenvalue weighted by Crippen LogP contribution is 2.15. The zero-order chi connectivity index (χ0) is 12.1. The molecule has 1 rings (SSSR count). The van der Waals surface area contributed by atoms with Crippen molar-refractivity contribution in [2.45, 2.75) is 13.3 Å². The van der Waals surface area contributed by atoms with Crippen molar-refractivity contribution in [2.24, 2.45) is 5.73 Å². The number of rotatable bonds is 4. The van der Waals surface area contributed by atoms with Gasteiger partial charge < -0.3 is 11.1 Å². The molecule has 0 aliphatic carbocycles. The Morgan fingerprint density at radius 3 is 2.81 bits per heavy atom. The molecule has 0 aromatic carbocycles. The van der Waals surface area contributed by atoms with Crippen LogP contribution in [0.5, 0.6) is 0 Å². The molecule has 0 unspecified atom stereocenters. The van der Waals surface area contributed by atoms with Gasteiger partial charge in [-0.1, -0.05) is 11.6 Å². The maximum absolute atomic E-state index is 11.6. The standard InChI is InChI=1S/C10H12ClN3O2/c1-6-4-8(11)7(5-14-6)10(16)13-3-2-9(12)15/h4-5H,2-3H2,1H3,(H2,12,15)(H,13,16). The molecule has 0 bridgehead atoms. The Morgan fingerprint density at radius 2 is 2.25 bits per heavy atom. The number of pyridine rings is 1. The van der Waals surface area contributed by atoms with Gasteiger partial charge in [0.05, 0.1) is 10.6 Å². The molecule has 0 aliphatic heterocycles. The van der Waals surface area contributed by atoms with Crippen LogP contribution in [-0.4, -0.2) is 23.3 Å². The number of carbonyl (C=O) groups excluding carboxylic acids is 2. The SMILES string of the molecule is Cc1cc(Cl)c(C(=O)NCCC(N)=O)cn1. The van der Waals surface area contributed by atoms with Gasteiger partial charge in [-0.15, -0.1) is 0 Å². The molecule has 0 aliphatic rings. The molecule has 2 amide bonds. The number of carbonyl (C=O) groups is 2. The molecule has 0 atom stereocenters. The van der Waals surface area contributed by atoms with Crippen molar-refractivity contribution in [2.75, 3.05) is 6.54 Å². The van der Waals surface area contributed by atoms with Crippen LogP contribution in [0.1, 0.15) is 22.5 Å². The Hall–Kier alpha value is -1.62. The van der Waals surface area contributed by atoms with Crippen molar-refractivity contribution in [3.8, 4) is 0 Å². The van der Waals surface area contributed by atoms with E-state index in [9.17, 15) is 9.59 Å². The van der Waals surface area contributed by atoms with Crippen molar-refractivity contribution in [3.05, 3.63) is 28.5 Å². The van der Waals surface area contributed by atoms with Crippen molar-refractivity contribution >= 4 is 23.4 Å². The van der Waals surface area contributed by atoms with Crippen LogP contribution in [0.3, 0.4) is 0 Å². The second-order valence-electron chi connectivity index (χ2n) is 3.28. The van der Waals surface area contributed by atoms with Gasteiger partial charge >= 0.3 is 0 Å². The largest absolute Gasteiger partial charge is 0.370 e. The van der Waals surface area contributed by atoms with E-state index in [-0.39, 0.29) is 24.4 Å². The summed E-state index contributed by atoms with van der Waals surface area (Å²) in [7, 11) is 0. The highest BCUT2D eigenvalue weighted by Gasteiger charge is 2.10. The predicted molar refractivity (Wildman–Crippen MR) is 60.1 cm³/mol. The first-order chi connectivity index (χ1) is 7.50. The number of aryl methyl sites for hydroxylation is 1. The number of nitrogens with two attached hydrogens (primary N) is 1. The van der Waals surface area contributed by atoms with E-state index in [1.165, 1.54) is 6.20 Å². The fourth-order valence-corrected chi connectivity index (χ4v) is 1.38.